The topological polar surface area (TPSA) is 29.1 Å². The molecule has 0 saturated heterocycles. The molecule has 0 heterocycles. The van der Waals surface area contributed by atoms with Gasteiger partial charge in [-0.05, 0) is 30.9 Å². The summed E-state index contributed by atoms with van der Waals surface area (Å²) >= 11 is 4.43. The van der Waals surface area contributed by atoms with Crippen molar-refractivity contribution in [3.8, 4) is 0 Å². The second-order valence-corrected chi connectivity index (χ2v) is 5.99. The minimum atomic E-state index is -4.49. The molecular formula is C13H15BrF3NOS. The maximum atomic E-state index is 12.8. The lowest BCUT2D eigenvalue weighted by molar-refractivity contribution is -0.138. The largest absolute Gasteiger partial charge is 0.417 e. The molecule has 0 aliphatic rings. The maximum absolute atomic E-state index is 12.8. The average molecular weight is 370 g/mol. The van der Waals surface area contributed by atoms with Crippen molar-refractivity contribution in [3.63, 3.8) is 0 Å². The molecule has 0 aliphatic heterocycles. The lowest BCUT2D eigenvalue weighted by atomic mass is 10.1. The van der Waals surface area contributed by atoms with Crippen LogP contribution in [0.1, 0.15) is 29.3 Å². The SMILES string of the molecule is CCC(CSC)NC(=O)c1ccc(Br)c(C(F)(F)F)c1. The monoisotopic (exact) mass is 369 g/mol. The first kappa shape index (κ1) is 17.4. The van der Waals surface area contributed by atoms with Crippen LogP contribution in [0.15, 0.2) is 22.7 Å². The third-order valence-electron chi connectivity index (χ3n) is 2.73. The molecule has 1 rings (SSSR count). The molecule has 2 nitrogen and oxygen atoms in total. The highest BCUT2D eigenvalue weighted by molar-refractivity contribution is 9.10. The van der Waals surface area contributed by atoms with E-state index in [9.17, 15) is 18.0 Å². The van der Waals surface area contributed by atoms with Gasteiger partial charge in [0.25, 0.3) is 5.91 Å². The predicted octanol–water partition coefficient (Wildman–Crippen LogP) is 4.34. The summed E-state index contributed by atoms with van der Waals surface area (Å²) in [6, 6.07) is 3.44. The van der Waals surface area contributed by atoms with E-state index < -0.39 is 17.6 Å². The summed E-state index contributed by atoms with van der Waals surface area (Å²) in [5, 5.41) is 2.74. The second-order valence-electron chi connectivity index (χ2n) is 4.23. The first-order chi connectivity index (χ1) is 9.29. The first-order valence-electron chi connectivity index (χ1n) is 5.96. The van der Waals surface area contributed by atoms with Crippen molar-refractivity contribution in [3.05, 3.63) is 33.8 Å². The number of rotatable bonds is 5. The van der Waals surface area contributed by atoms with Gasteiger partial charge in [-0.25, -0.2) is 0 Å². The molecule has 1 atom stereocenters. The van der Waals surface area contributed by atoms with E-state index >= 15 is 0 Å². The molecule has 1 aromatic carbocycles. The van der Waals surface area contributed by atoms with Crippen LogP contribution in [0, 0.1) is 0 Å². The number of thioether (sulfide) groups is 1. The molecule has 7 heteroatoms. The zero-order chi connectivity index (χ0) is 15.3. The number of hydrogen-bond acceptors (Lipinski definition) is 2. The Bertz CT molecular complexity index is 479. The maximum Gasteiger partial charge on any atom is 0.417 e. The molecule has 20 heavy (non-hydrogen) atoms. The van der Waals surface area contributed by atoms with E-state index in [1.807, 2.05) is 13.2 Å². The molecule has 0 bridgehead atoms. The molecule has 1 amide bonds. The molecule has 1 unspecified atom stereocenters. The van der Waals surface area contributed by atoms with Crippen molar-refractivity contribution in [1.29, 1.82) is 0 Å². The zero-order valence-electron chi connectivity index (χ0n) is 11.1. The van der Waals surface area contributed by atoms with Crippen LogP contribution >= 0.6 is 27.7 Å². The molecule has 0 aliphatic carbocycles. The van der Waals surface area contributed by atoms with Gasteiger partial charge in [0.2, 0.25) is 0 Å². The molecule has 1 aromatic rings. The van der Waals surface area contributed by atoms with Crippen LogP contribution in [-0.2, 0) is 6.18 Å². The molecule has 0 radical (unpaired) electrons. The van der Waals surface area contributed by atoms with Crippen LogP contribution in [0.25, 0.3) is 0 Å². The Morgan fingerprint density at radius 3 is 2.60 bits per heavy atom. The van der Waals surface area contributed by atoms with Crippen molar-refractivity contribution in [2.75, 3.05) is 12.0 Å². The van der Waals surface area contributed by atoms with E-state index in [1.54, 1.807) is 11.8 Å². The first-order valence-corrected chi connectivity index (χ1v) is 8.14. The number of carbonyl (C=O) groups excluding carboxylic acids is 1. The van der Waals surface area contributed by atoms with Gasteiger partial charge in [0.05, 0.1) is 5.56 Å². The van der Waals surface area contributed by atoms with Gasteiger partial charge in [0.15, 0.2) is 0 Å². The van der Waals surface area contributed by atoms with Crippen LogP contribution in [0.4, 0.5) is 13.2 Å². The van der Waals surface area contributed by atoms with Crippen molar-refractivity contribution in [2.45, 2.75) is 25.6 Å². The summed E-state index contributed by atoms with van der Waals surface area (Å²) in [5.41, 5.74) is -0.830. The summed E-state index contributed by atoms with van der Waals surface area (Å²) < 4.78 is 38.3. The van der Waals surface area contributed by atoms with Crippen molar-refractivity contribution >= 4 is 33.6 Å². The number of hydrogen-bond donors (Lipinski definition) is 1. The van der Waals surface area contributed by atoms with Gasteiger partial charge in [0, 0.05) is 21.8 Å². The van der Waals surface area contributed by atoms with Gasteiger partial charge in [-0.3, -0.25) is 4.79 Å². The minimum Gasteiger partial charge on any atom is -0.348 e. The minimum absolute atomic E-state index is 0.0140. The van der Waals surface area contributed by atoms with E-state index in [4.69, 9.17) is 0 Å². The Morgan fingerprint density at radius 2 is 2.10 bits per heavy atom. The average Bonchev–Trinajstić information content (AvgIpc) is 2.37. The highest BCUT2D eigenvalue weighted by Crippen LogP contribution is 2.35. The predicted molar refractivity (Wildman–Crippen MR) is 79.1 cm³/mol. The molecule has 1 N–H and O–H groups in total. The third kappa shape index (κ3) is 4.70. The molecule has 0 aromatic heterocycles. The van der Waals surface area contributed by atoms with Crippen LogP contribution in [-0.4, -0.2) is 24.0 Å². The molecule has 0 spiro atoms. The Hall–Kier alpha value is -0.690. The smallest absolute Gasteiger partial charge is 0.348 e. The molecule has 112 valence electrons. The highest BCUT2D eigenvalue weighted by atomic mass is 79.9. The Morgan fingerprint density at radius 1 is 1.45 bits per heavy atom. The Balaban J connectivity index is 2.94. The van der Waals surface area contributed by atoms with Gasteiger partial charge in [-0.1, -0.05) is 22.9 Å². The number of benzene rings is 1. The van der Waals surface area contributed by atoms with Crippen LogP contribution < -0.4 is 5.32 Å². The normalized spacial score (nSPS) is 13.1. The van der Waals surface area contributed by atoms with E-state index in [0.717, 1.165) is 18.2 Å². The van der Waals surface area contributed by atoms with Crippen molar-refractivity contribution < 1.29 is 18.0 Å². The summed E-state index contributed by atoms with van der Waals surface area (Å²) in [6.45, 7) is 1.92. The van der Waals surface area contributed by atoms with Gasteiger partial charge in [-0.2, -0.15) is 24.9 Å². The molecule has 0 saturated carbocycles. The third-order valence-corrected chi connectivity index (χ3v) is 4.16. The lowest BCUT2D eigenvalue weighted by Crippen LogP contribution is -2.36. The molecule has 0 fully saturated rings. The fraction of sp³-hybridized carbons (Fsp3) is 0.462. The lowest BCUT2D eigenvalue weighted by Gasteiger charge is -2.16. The van der Waals surface area contributed by atoms with Gasteiger partial charge in [-0.15, -0.1) is 0 Å². The van der Waals surface area contributed by atoms with E-state index in [-0.39, 0.29) is 16.1 Å². The fourth-order valence-corrected chi connectivity index (χ4v) is 2.81. The summed E-state index contributed by atoms with van der Waals surface area (Å²) in [5.74, 6) is 0.245. The summed E-state index contributed by atoms with van der Waals surface area (Å²) in [6.07, 6.45) is -1.84. The van der Waals surface area contributed by atoms with Gasteiger partial charge < -0.3 is 5.32 Å². The molecular weight excluding hydrogens is 355 g/mol. The number of nitrogens with one attached hydrogen (secondary N) is 1. The van der Waals surface area contributed by atoms with E-state index in [1.165, 1.54) is 12.1 Å². The quantitative estimate of drug-likeness (QED) is 0.836. The van der Waals surface area contributed by atoms with E-state index in [0.29, 0.717) is 0 Å². The zero-order valence-corrected chi connectivity index (χ0v) is 13.5. The summed E-state index contributed by atoms with van der Waals surface area (Å²) in [4.78, 5) is 12.0. The Kier molecular flexibility index (Phi) is 6.39. The van der Waals surface area contributed by atoms with Crippen LogP contribution in [0.2, 0.25) is 0 Å². The highest BCUT2D eigenvalue weighted by Gasteiger charge is 2.33. The van der Waals surface area contributed by atoms with Crippen LogP contribution in [0.5, 0.6) is 0 Å². The Labute approximate surface area is 128 Å². The summed E-state index contributed by atoms with van der Waals surface area (Å²) in [7, 11) is 0. The van der Waals surface area contributed by atoms with Crippen molar-refractivity contribution in [1.82, 2.24) is 5.32 Å². The second kappa shape index (κ2) is 7.36. The van der Waals surface area contributed by atoms with Gasteiger partial charge in [0.1, 0.15) is 0 Å². The standard InChI is InChI=1S/C13H15BrF3NOS/c1-3-9(7-20-2)18-12(19)8-4-5-11(14)10(6-8)13(15,16)17/h4-6,9H,3,7H2,1-2H3,(H,18,19). The van der Waals surface area contributed by atoms with E-state index in [2.05, 4.69) is 21.2 Å². The number of halogens is 4. The van der Waals surface area contributed by atoms with Crippen molar-refractivity contribution in [2.24, 2.45) is 0 Å². The van der Waals surface area contributed by atoms with Crippen LogP contribution in [0.3, 0.4) is 0 Å². The number of carbonyl (C=O) groups is 1. The number of amides is 1. The number of alkyl halides is 3. The van der Waals surface area contributed by atoms with Gasteiger partial charge >= 0.3 is 6.18 Å². The fourth-order valence-electron chi connectivity index (χ4n) is 1.62.